The zero-order valence-corrected chi connectivity index (χ0v) is 17.8. The summed E-state index contributed by atoms with van der Waals surface area (Å²) in [6.07, 6.45) is 4.03. The number of hydrogen-bond acceptors (Lipinski definition) is 6. The summed E-state index contributed by atoms with van der Waals surface area (Å²) in [7, 11) is 0. The molecule has 8 nitrogen and oxygen atoms in total. The Morgan fingerprint density at radius 1 is 1.10 bits per heavy atom. The number of hydrazine groups is 1. The number of aromatic nitrogens is 2. The number of carbonyl (C=O) groups excluding carboxylic acids is 3. The lowest BCUT2D eigenvalue weighted by Gasteiger charge is -2.27. The van der Waals surface area contributed by atoms with E-state index in [4.69, 9.17) is 0 Å². The molecule has 1 saturated heterocycles. The number of rotatable bonds is 5. The van der Waals surface area contributed by atoms with E-state index in [0.29, 0.717) is 30.1 Å². The van der Waals surface area contributed by atoms with Gasteiger partial charge in [0.15, 0.2) is 0 Å². The molecule has 0 radical (unpaired) electrons. The Morgan fingerprint density at radius 2 is 1.87 bits per heavy atom. The van der Waals surface area contributed by atoms with Crippen molar-refractivity contribution < 1.29 is 14.4 Å². The molecule has 0 bridgehead atoms. The molecule has 0 saturated carbocycles. The van der Waals surface area contributed by atoms with Crippen molar-refractivity contribution >= 4 is 29.1 Å². The van der Waals surface area contributed by atoms with Crippen LogP contribution in [0.25, 0.3) is 10.6 Å². The lowest BCUT2D eigenvalue weighted by molar-refractivity contribution is -0.139. The first kappa shape index (κ1) is 20.7. The molecule has 3 amide bonds. The molecule has 1 aliphatic rings. The third kappa shape index (κ3) is 4.61. The number of aryl methyl sites for hydroxylation is 1. The van der Waals surface area contributed by atoms with Crippen LogP contribution in [-0.2, 0) is 4.79 Å². The van der Waals surface area contributed by atoms with Crippen LogP contribution in [0.1, 0.15) is 32.8 Å². The Hall–Kier alpha value is -3.59. The predicted molar refractivity (Wildman–Crippen MR) is 116 cm³/mol. The maximum absolute atomic E-state index is 13.0. The molecule has 1 aliphatic heterocycles. The molecular weight excluding hydrogens is 414 g/mol. The molecule has 31 heavy (non-hydrogen) atoms. The lowest BCUT2D eigenvalue weighted by atomic mass is 10.1. The maximum atomic E-state index is 13.0. The number of amides is 3. The van der Waals surface area contributed by atoms with Gasteiger partial charge in [-0.3, -0.25) is 19.4 Å². The average molecular weight is 436 g/mol. The highest BCUT2D eigenvalue weighted by Gasteiger charge is 2.32. The number of hydrogen-bond donors (Lipinski definition) is 1. The summed E-state index contributed by atoms with van der Waals surface area (Å²) in [5, 5.41) is 7.80. The molecule has 0 spiro atoms. The molecule has 3 aromatic rings. The van der Waals surface area contributed by atoms with Crippen LogP contribution in [0.4, 0.5) is 0 Å². The van der Waals surface area contributed by atoms with Gasteiger partial charge in [-0.1, -0.05) is 17.7 Å². The second-order valence-electron chi connectivity index (χ2n) is 7.13. The van der Waals surface area contributed by atoms with Crippen molar-refractivity contribution in [2.24, 2.45) is 0 Å². The molecule has 1 N–H and O–H groups in total. The molecule has 2 aromatic heterocycles. The van der Waals surface area contributed by atoms with Gasteiger partial charge >= 0.3 is 0 Å². The number of nitrogens with one attached hydrogen (secondary N) is 1. The van der Waals surface area contributed by atoms with E-state index in [0.717, 1.165) is 11.1 Å². The normalized spacial score (nSPS) is 13.3. The minimum atomic E-state index is -0.339. The fourth-order valence-corrected chi connectivity index (χ4v) is 4.05. The van der Waals surface area contributed by atoms with Gasteiger partial charge in [-0.25, -0.2) is 15.0 Å². The quantitative estimate of drug-likeness (QED) is 0.665. The summed E-state index contributed by atoms with van der Waals surface area (Å²) in [5.41, 5.74) is 2.65. The smallest absolute Gasteiger partial charge is 0.291 e. The van der Waals surface area contributed by atoms with E-state index >= 15 is 0 Å². The highest BCUT2D eigenvalue weighted by Crippen LogP contribution is 2.24. The summed E-state index contributed by atoms with van der Waals surface area (Å²) in [6.45, 7) is 2.60. The second-order valence-corrected chi connectivity index (χ2v) is 7.99. The van der Waals surface area contributed by atoms with Gasteiger partial charge in [-0.05, 0) is 37.6 Å². The predicted octanol–water partition coefficient (Wildman–Crippen LogP) is 2.53. The first-order valence-electron chi connectivity index (χ1n) is 9.86. The van der Waals surface area contributed by atoms with Crippen LogP contribution in [0, 0.1) is 6.92 Å². The van der Waals surface area contributed by atoms with Gasteiger partial charge in [0.25, 0.3) is 17.7 Å². The molecule has 3 heterocycles. The van der Waals surface area contributed by atoms with Crippen LogP contribution in [0.2, 0.25) is 0 Å². The molecule has 1 fully saturated rings. The Kier molecular flexibility index (Phi) is 6.03. The van der Waals surface area contributed by atoms with Crippen molar-refractivity contribution in [2.45, 2.75) is 13.3 Å². The minimum absolute atomic E-state index is 0.186. The van der Waals surface area contributed by atoms with E-state index in [1.54, 1.807) is 29.9 Å². The Bertz CT molecular complexity index is 1100. The number of nitrogens with zero attached hydrogens (tertiary/aromatic N) is 4. The van der Waals surface area contributed by atoms with Crippen molar-refractivity contribution in [1.29, 1.82) is 0 Å². The van der Waals surface area contributed by atoms with Gasteiger partial charge in [-0.2, -0.15) is 0 Å². The monoisotopic (exact) mass is 435 g/mol. The first-order chi connectivity index (χ1) is 15.0. The molecule has 158 valence electrons. The average Bonchev–Trinajstić information content (AvgIpc) is 3.48. The molecule has 9 heteroatoms. The number of pyridine rings is 1. The largest absolute Gasteiger partial charge is 0.343 e. The van der Waals surface area contributed by atoms with Gasteiger partial charge in [0, 0.05) is 42.0 Å². The summed E-state index contributed by atoms with van der Waals surface area (Å²) in [4.78, 5) is 46.4. The van der Waals surface area contributed by atoms with Crippen LogP contribution < -0.4 is 5.32 Å². The minimum Gasteiger partial charge on any atom is -0.343 e. The second kappa shape index (κ2) is 9.05. The number of carbonyl (C=O) groups is 3. The van der Waals surface area contributed by atoms with E-state index < -0.39 is 0 Å². The third-order valence-electron chi connectivity index (χ3n) is 4.90. The van der Waals surface area contributed by atoms with E-state index in [1.807, 2.05) is 31.2 Å². The van der Waals surface area contributed by atoms with Crippen molar-refractivity contribution in [1.82, 2.24) is 25.3 Å². The van der Waals surface area contributed by atoms with Gasteiger partial charge in [0.1, 0.15) is 10.7 Å². The van der Waals surface area contributed by atoms with E-state index in [-0.39, 0.29) is 30.0 Å². The van der Waals surface area contributed by atoms with Crippen LogP contribution >= 0.6 is 11.3 Å². The van der Waals surface area contributed by atoms with Gasteiger partial charge in [0.2, 0.25) is 0 Å². The highest BCUT2D eigenvalue weighted by molar-refractivity contribution is 7.13. The summed E-state index contributed by atoms with van der Waals surface area (Å²) >= 11 is 1.35. The fraction of sp³-hybridized carbons (Fsp3) is 0.227. The van der Waals surface area contributed by atoms with Gasteiger partial charge < -0.3 is 5.32 Å². The highest BCUT2D eigenvalue weighted by atomic mass is 32.1. The Balaban J connectivity index is 1.39. The topological polar surface area (TPSA) is 95.5 Å². The molecule has 0 aliphatic carbocycles. The van der Waals surface area contributed by atoms with Crippen LogP contribution in [0.5, 0.6) is 0 Å². The zero-order valence-electron chi connectivity index (χ0n) is 16.9. The number of benzene rings is 1. The molecule has 4 rings (SSSR count). The SMILES string of the molecule is Cc1ccc(C(=O)NCC(=O)N2CCCN2C(=O)c2csc(-c3cccnc3)n2)cc1. The van der Waals surface area contributed by atoms with Crippen molar-refractivity contribution in [3.63, 3.8) is 0 Å². The molecule has 0 unspecified atom stereocenters. The molecule has 0 atom stereocenters. The molecule has 1 aromatic carbocycles. The summed E-state index contributed by atoms with van der Waals surface area (Å²) in [5.74, 6) is -0.998. The van der Waals surface area contributed by atoms with Crippen LogP contribution in [0.15, 0.2) is 54.2 Å². The Morgan fingerprint density at radius 3 is 2.61 bits per heavy atom. The standard InChI is InChI=1S/C22H21N5O3S/c1-15-5-7-16(8-6-15)20(29)24-13-19(28)26-10-3-11-27(26)22(30)18-14-31-21(25-18)17-4-2-9-23-12-17/h2,4-9,12,14H,3,10-11,13H2,1H3,(H,24,29). The van der Waals surface area contributed by atoms with Gasteiger partial charge in [-0.15, -0.1) is 11.3 Å². The van der Waals surface area contributed by atoms with Crippen molar-refractivity contribution in [3.05, 3.63) is 71.0 Å². The summed E-state index contributed by atoms with van der Waals surface area (Å²) in [6, 6.07) is 10.8. The third-order valence-corrected chi connectivity index (χ3v) is 5.79. The number of thiazole rings is 1. The van der Waals surface area contributed by atoms with E-state index in [1.165, 1.54) is 21.4 Å². The van der Waals surface area contributed by atoms with Crippen molar-refractivity contribution in [3.8, 4) is 10.6 Å². The molecular formula is C22H21N5O3S. The van der Waals surface area contributed by atoms with Crippen LogP contribution in [-0.4, -0.2) is 57.3 Å². The maximum Gasteiger partial charge on any atom is 0.291 e. The Labute approximate surface area is 183 Å². The van der Waals surface area contributed by atoms with E-state index in [9.17, 15) is 14.4 Å². The lowest BCUT2D eigenvalue weighted by Crippen LogP contribution is -2.48. The fourth-order valence-electron chi connectivity index (χ4n) is 3.26. The van der Waals surface area contributed by atoms with Crippen molar-refractivity contribution in [2.75, 3.05) is 19.6 Å². The van der Waals surface area contributed by atoms with Crippen LogP contribution in [0.3, 0.4) is 0 Å². The summed E-state index contributed by atoms with van der Waals surface area (Å²) < 4.78 is 0. The van der Waals surface area contributed by atoms with E-state index in [2.05, 4.69) is 15.3 Å². The first-order valence-corrected chi connectivity index (χ1v) is 10.7. The van der Waals surface area contributed by atoms with Gasteiger partial charge in [0.05, 0.1) is 6.54 Å². The zero-order chi connectivity index (χ0) is 21.8.